The molecule has 0 spiro atoms. The van der Waals surface area contributed by atoms with Crippen molar-refractivity contribution in [2.45, 2.75) is 38.2 Å². The van der Waals surface area contributed by atoms with Gasteiger partial charge in [0.1, 0.15) is 5.75 Å². The van der Waals surface area contributed by atoms with Crippen LogP contribution in [-0.4, -0.2) is 19.2 Å². The lowest BCUT2D eigenvalue weighted by atomic mass is 9.94. The van der Waals surface area contributed by atoms with Gasteiger partial charge in [0.15, 0.2) is 0 Å². The first-order valence-corrected chi connectivity index (χ1v) is 6.49. The zero-order valence-corrected chi connectivity index (χ0v) is 10.6. The smallest absolute Gasteiger partial charge is 0.288 e. The first kappa shape index (κ1) is 13.3. The molecule has 18 heavy (non-hydrogen) atoms. The van der Waals surface area contributed by atoms with Gasteiger partial charge in [-0.05, 0) is 50.6 Å². The topological polar surface area (TPSA) is 21.3 Å². The summed E-state index contributed by atoms with van der Waals surface area (Å²) in [5.74, 6) is -2.18. The first-order valence-electron chi connectivity index (χ1n) is 6.49. The Labute approximate surface area is 106 Å². The number of halogens is 2. The van der Waals surface area contributed by atoms with Crippen molar-refractivity contribution in [3.8, 4) is 5.75 Å². The van der Waals surface area contributed by atoms with Gasteiger partial charge in [0.05, 0.1) is 12.6 Å². The molecule has 0 aromatic heterocycles. The minimum absolute atomic E-state index is 0.0605. The van der Waals surface area contributed by atoms with Crippen LogP contribution < -0.4 is 10.1 Å². The van der Waals surface area contributed by atoms with Crippen molar-refractivity contribution in [3.63, 3.8) is 0 Å². The predicted octanol–water partition coefficient (Wildman–Crippen LogP) is 3.32. The van der Waals surface area contributed by atoms with Crippen LogP contribution in [0.4, 0.5) is 8.78 Å². The molecule has 2 rings (SSSR count). The molecule has 2 nitrogen and oxygen atoms in total. The van der Waals surface area contributed by atoms with Crippen LogP contribution in [0.5, 0.6) is 5.75 Å². The molecule has 0 saturated carbocycles. The van der Waals surface area contributed by atoms with Crippen LogP contribution >= 0.6 is 0 Å². The lowest BCUT2D eigenvalue weighted by molar-refractivity contribution is -0.0512. The maximum atomic E-state index is 14.3. The molecule has 1 aromatic carbocycles. The van der Waals surface area contributed by atoms with Gasteiger partial charge in [0.25, 0.3) is 5.92 Å². The molecular weight excluding hydrogens is 236 g/mol. The quantitative estimate of drug-likeness (QED) is 0.891. The Hall–Kier alpha value is -1.16. The highest BCUT2D eigenvalue weighted by Crippen LogP contribution is 2.35. The van der Waals surface area contributed by atoms with E-state index in [1.54, 1.807) is 12.1 Å². The highest BCUT2D eigenvalue weighted by molar-refractivity contribution is 5.30. The third-order valence-corrected chi connectivity index (χ3v) is 3.30. The van der Waals surface area contributed by atoms with E-state index in [1.165, 1.54) is 12.1 Å². The third kappa shape index (κ3) is 2.80. The van der Waals surface area contributed by atoms with Gasteiger partial charge in [-0.15, -0.1) is 0 Å². The monoisotopic (exact) mass is 255 g/mol. The largest absolute Gasteiger partial charge is 0.494 e. The van der Waals surface area contributed by atoms with Crippen LogP contribution in [0.3, 0.4) is 0 Å². The van der Waals surface area contributed by atoms with E-state index in [1.807, 2.05) is 6.92 Å². The van der Waals surface area contributed by atoms with Gasteiger partial charge in [-0.25, -0.2) is 0 Å². The molecule has 0 radical (unpaired) electrons. The van der Waals surface area contributed by atoms with Gasteiger partial charge >= 0.3 is 0 Å². The molecule has 1 unspecified atom stereocenters. The fourth-order valence-electron chi connectivity index (χ4n) is 2.30. The molecule has 1 fully saturated rings. The molecule has 1 aliphatic rings. The Bertz CT molecular complexity index is 372. The van der Waals surface area contributed by atoms with Crippen molar-refractivity contribution in [2.75, 3.05) is 13.2 Å². The number of alkyl halides is 2. The third-order valence-electron chi connectivity index (χ3n) is 3.30. The van der Waals surface area contributed by atoms with Gasteiger partial charge in [-0.3, -0.25) is 0 Å². The summed E-state index contributed by atoms with van der Waals surface area (Å²) in [5.41, 5.74) is 0.0605. The number of ether oxygens (including phenoxy) is 1. The van der Waals surface area contributed by atoms with Crippen LogP contribution in [0.1, 0.15) is 31.7 Å². The van der Waals surface area contributed by atoms with Gasteiger partial charge < -0.3 is 10.1 Å². The van der Waals surface area contributed by atoms with E-state index < -0.39 is 12.0 Å². The summed E-state index contributed by atoms with van der Waals surface area (Å²) in [5, 5.41) is 2.92. The van der Waals surface area contributed by atoms with E-state index in [-0.39, 0.29) is 5.56 Å². The lowest BCUT2D eigenvalue weighted by Gasteiger charge is -2.31. The van der Waals surface area contributed by atoms with E-state index in [9.17, 15) is 8.78 Å². The number of nitrogens with one attached hydrogen (secondary N) is 1. The Morgan fingerprint density at radius 1 is 1.28 bits per heavy atom. The Balaban J connectivity index is 2.12. The van der Waals surface area contributed by atoms with Crippen molar-refractivity contribution < 1.29 is 13.5 Å². The average Bonchev–Trinajstić information content (AvgIpc) is 2.41. The lowest BCUT2D eigenvalue weighted by Crippen LogP contribution is -2.45. The summed E-state index contributed by atoms with van der Waals surface area (Å²) >= 11 is 0. The minimum atomic E-state index is -2.81. The average molecular weight is 255 g/mol. The number of piperidine rings is 1. The number of rotatable bonds is 4. The molecular formula is C14H19F2NO. The van der Waals surface area contributed by atoms with Crippen molar-refractivity contribution in [3.05, 3.63) is 29.8 Å². The second kappa shape index (κ2) is 5.65. The molecule has 1 aromatic rings. The maximum Gasteiger partial charge on any atom is 0.288 e. The van der Waals surface area contributed by atoms with Gasteiger partial charge in [0.2, 0.25) is 0 Å². The standard InChI is InChI=1S/C14H19F2NO/c1-2-18-12-8-6-11(7-9-12)14(15,16)13-5-3-4-10-17-13/h6-9,13,17H,2-5,10H2,1H3. The molecule has 1 heterocycles. The second-order valence-electron chi connectivity index (χ2n) is 4.58. The van der Waals surface area contributed by atoms with Crippen LogP contribution in [0.15, 0.2) is 24.3 Å². The van der Waals surface area contributed by atoms with Crippen LogP contribution in [0, 0.1) is 0 Å². The van der Waals surface area contributed by atoms with Crippen molar-refractivity contribution >= 4 is 0 Å². The Morgan fingerprint density at radius 2 is 2.00 bits per heavy atom. The summed E-state index contributed by atoms with van der Waals surface area (Å²) in [6, 6.07) is 5.39. The van der Waals surface area contributed by atoms with Gasteiger partial charge in [-0.1, -0.05) is 6.42 Å². The normalized spacial score (nSPS) is 20.7. The van der Waals surface area contributed by atoms with E-state index in [4.69, 9.17) is 4.74 Å². The number of benzene rings is 1. The Kier molecular flexibility index (Phi) is 4.17. The molecule has 0 amide bonds. The van der Waals surface area contributed by atoms with E-state index in [0.717, 1.165) is 12.8 Å². The number of hydrogen-bond acceptors (Lipinski definition) is 2. The fourth-order valence-corrected chi connectivity index (χ4v) is 2.30. The molecule has 1 aliphatic heterocycles. The maximum absolute atomic E-state index is 14.3. The summed E-state index contributed by atoms with van der Waals surface area (Å²) in [6.45, 7) is 3.09. The summed E-state index contributed by atoms with van der Waals surface area (Å²) in [4.78, 5) is 0. The SMILES string of the molecule is CCOc1ccc(C(F)(F)C2CCCCN2)cc1. The van der Waals surface area contributed by atoms with Crippen LogP contribution in [0.25, 0.3) is 0 Å². The Morgan fingerprint density at radius 3 is 2.56 bits per heavy atom. The van der Waals surface area contributed by atoms with E-state index in [0.29, 0.717) is 25.3 Å². The molecule has 0 bridgehead atoms. The summed E-state index contributed by atoms with van der Waals surface area (Å²) in [7, 11) is 0. The zero-order chi connectivity index (χ0) is 13.0. The molecule has 1 saturated heterocycles. The van der Waals surface area contributed by atoms with Crippen LogP contribution in [-0.2, 0) is 5.92 Å². The van der Waals surface area contributed by atoms with Crippen molar-refractivity contribution in [2.24, 2.45) is 0 Å². The molecule has 100 valence electrons. The second-order valence-corrected chi connectivity index (χ2v) is 4.58. The molecule has 1 atom stereocenters. The van der Waals surface area contributed by atoms with Gasteiger partial charge in [0, 0.05) is 5.56 Å². The van der Waals surface area contributed by atoms with Crippen LogP contribution in [0.2, 0.25) is 0 Å². The van der Waals surface area contributed by atoms with Crippen molar-refractivity contribution in [1.82, 2.24) is 5.32 Å². The highest BCUT2D eigenvalue weighted by atomic mass is 19.3. The molecule has 4 heteroatoms. The molecule has 0 aliphatic carbocycles. The minimum Gasteiger partial charge on any atom is -0.494 e. The predicted molar refractivity (Wildman–Crippen MR) is 67.1 cm³/mol. The first-order chi connectivity index (χ1) is 8.64. The molecule has 1 N–H and O–H groups in total. The fraction of sp³-hybridized carbons (Fsp3) is 0.571. The van der Waals surface area contributed by atoms with Gasteiger partial charge in [-0.2, -0.15) is 8.78 Å². The number of hydrogen-bond donors (Lipinski definition) is 1. The highest BCUT2D eigenvalue weighted by Gasteiger charge is 2.41. The summed E-state index contributed by atoms with van der Waals surface area (Å²) < 4.78 is 33.8. The van der Waals surface area contributed by atoms with E-state index in [2.05, 4.69) is 5.32 Å². The van der Waals surface area contributed by atoms with E-state index >= 15 is 0 Å². The van der Waals surface area contributed by atoms with Crippen molar-refractivity contribution in [1.29, 1.82) is 0 Å². The summed E-state index contributed by atoms with van der Waals surface area (Å²) in [6.07, 6.45) is 2.38. The zero-order valence-electron chi connectivity index (χ0n) is 10.6.